The second-order valence-electron chi connectivity index (χ2n) is 3.49. The maximum absolute atomic E-state index is 11.6. The lowest BCUT2D eigenvalue weighted by Crippen LogP contribution is -2.17. The van der Waals surface area contributed by atoms with Crippen LogP contribution in [-0.2, 0) is 0 Å². The van der Waals surface area contributed by atoms with Gasteiger partial charge in [-0.2, -0.15) is 5.10 Å². The van der Waals surface area contributed by atoms with Gasteiger partial charge in [-0.15, -0.1) is 0 Å². The number of rotatable bonds is 3. The van der Waals surface area contributed by atoms with Crippen LogP contribution in [0.15, 0.2) is 41.8 Å². The third kappa shape index (κ3) is 4.01. The Labute approximate surface area is 119 Å². The molecule has 2 heterocycles. The van der Waals surface area contributed by atoms with Crippen molar-refractivity contribution in [3.05, 3.63) is 58.1 Å². The van der Waals surface area contributed by atoms with Crippen LogP contribution in [-0.4, -0.2) is 22.1 Å². The zero-order valence-electron chi connectivity index (χ0n) is 9.55. The summed E-state index contributed by atoms with van der Waals surface area (Å²) >= 11 is 11.5. The van der Waals surface area contributed by atoms with E-state index in [1.54, 1.807) is 30.5 Å². The molecule has 0 spiro atoms. The molecule has 0 saturated carbocycles. The van der Waals surface area contributed by atoms with E-state index >= 15 is 0 Å². The SMILES string of the molecule is O=C(N/N=C\c1cc(Cl)nc(Cl)c1)c1cccnc1. The fourth-order valence-electron chi connectivity index (χ4n) is 1.28. The molecule has 7 heteroatoms. The molecule has 0 aromatic carbocycles. The van der Waals surface area contributed by atoms with Gasteiger partial charge in [-0.05, 0) is 24.3 Å². The van der Waals surface area contributed by atoms with Crippen LogP contribution in [0.5, 0.6) is 0 Å². The van der Waals surface area contributed by atoms with Crippen LogP contribution in [0.2, 0.25) is 10.3 Å². The molecular formula is C12H8Cl2N4O. The molecule has 0 aliphatic carbocycles. The van der Waals surface area contributed by atoms with Crippen LogP contribution < -0.4 is 5.43 Å². The Morgan fingerprint density at radius 1 is 1.32 bits per heavy atom. The first-order chi connectivity index (χ1) is 9.15. The van der Waals surface area contributed by atoms with Crippen LogP contribution in [0.3, 0.4) is 0 Å². The summed E-state index contributed by atoms with van der Waals surface area (Å²) in [5.74, 6) is -0.351. The van der Waals surface area contributed by atoms with Crippen LogP contribution in [0, 0.1) is 0 Å². The Balaban J connectivity index is 2.02. The molecule has 0 aliphatic heterocycles. The molecule has 0 aliphatic rings. The van der Waals surface area contributed by atoms with Gasteiger partial charge in [0.1, 0.15) is 10.3 Å². The fourth-order valence-corrected chi connectivity index (χ4v) is 1.76. The van der Waals surface area contributed by atoms with Crippen LogP contribution in [0.25, 0.3) is 0 Å². The van der Waals surface area contributed by atoms with Crippen molar-refractivity contribution in [2.75, 3.05) is 0 Å². The van der Waals surface area contributed by atoms with Crippen molar-refractivity contribution in [3.63, 3.8) is 0 Å². The van der Waals surface area contributed by atoms with Gasteiger partial charge in [0.2, 0.25) is 0 Å². The summed E-state index contributed by atoms with van der Waals surface area (Å²) in [6, 6.07) is 6.46. The van der Waals surface area contributed by atoms with Crippen molar-refractivity contribution in [1.82, 2.24) is 15.4 Å². The summed E-state index contributed by atoms with van der Waals surface area (Å²) in [5, 5.41) is 4.32. The van der Waals surface area contributed by atoms with Gasteiger partial charge in [0.15, 0.2) is 0 Å². The van der Waals surface area contributed by atoms with E-state index in [1.807, 2.05) is 0 Å². The zero-order valence-corrected chi connectivity index (χ0v) is 11.1. The fraction of sp³-hybridized carbons (Fsp3) is 0. The van der Waals surface area contributed by atoms with E-state index in [9.17, 15) is 4.79 Å². The standard InChI is InChI=1S/C12H8Cl2N4O/c13-10-4-8(5-11(14)17-10)6-16-18-12(19)9-2-1-3-15-7-9/h1-7H,(H,18,19)/b16-6-. The summed E-state index contributed by atoms with van der Waals surface area (Å²) in [6.07, 6.45) is 4.46. The van der Waals surface area contributed by atoms with E-state index in [0.29, 0.717) is 11.1 Å². The number of nitrogens with one attached hydrogen (secondary N) is 1. The molecule has 0 unspecified atom stereocenters. The van der Waals surface area contributed by atoms with E-state index in [4.69, 9.17) is 23.2 Å². The number of nitrogens with zero attached hydrogens (tertiary/aromatic N) is 3. The zero-order chi connectivity index (χ0) is 13.7. The third-order valence-electron chi connectivity index (χ3n) is 2.09. The minimum absolute atomic E-state index is 0.257. The molecule has 0 radical (unpaired) electrons. The number of hydrogen-bond acceptors (Lipinski definition) is 4. The molecule has 0 saturated heterocycles. The van der Waals surface area contributed by atoms with Crippen molar-refractivity contribution in [2.24, 2.45) is 5.10 Å². The summed E-state index contributed by atoms with van der Waals surface area (Å²) in [6.45, 7) is 0. The van der Waals surface area contributed by atoms with Gasteiger partial charge in [-0.3, -0.25) is 9.78 Å². The first kappa shape index (κ1) is 13.5. The highest BCUT2D eigenvalue weighted by Gasteiger charge is 2.02. The number of halogens is 2. The maximum Gasteiger partial charge on any atom is 0.272 e. The minimum atomic E-state index is -0.351. The van der Waals surface area contributed by atoms with E-state index in [2.05, 4.69) is 20.5 Å². The van der Waals surface area contributed by atoms with Gasteiger partial charge in [0, 0.05) is 18.0 Å². The lowest BCUT2D eigenvalue weighted by Gasteiger charge is -1.99. The minimum Gasteiger partial charge on any atom is -0.267 e. The molecule has 0 fully saturated rings. The Morgan fingerprint density at radius 3 is 2.68 bits per heavy atom. The Bertz CT molecular complexity index is 596. The molecular weight excluding hydrogens is 287 g/mol. The van der Waals surface area contributed by atoms with E-state index < -0.39 is 0 Å². The van der Waals surface area contributed by atoms with Crippen LogP contribution >= 0.6 is 23.2 Å². The average Bonchev–Trinajstić information content (AvgIpc) is 2.38. The van der Waals surface area contributed by atoms with Gasteiger partial charge in [0.05, 0.1) is 11.8 Å². The number of aromatic nitrogens is 2. The topological polar surface area (TPSA) is 67.2 Å². The van der Waals surface area contributed by atoms with Gasteiger partial charge in [-0.1, -0.05) is 23.2 Å². The molecule has 5 nitrogen and oxygen atoms in total. The maximum atomic E-state index is 11.6. The Hall–Kier alpha value is -1.98. The van der Waals surface area contributed by atoms with Crippen molar-refractivity contribution < 1.29 is 4.79 Å². The number of hydrazone groups is 1. The molecule has 1 N–H and O–H groups in total. The lowest BCUT2D eigenvalue weighted by molar-refractivity contribution is 0.0955. The van der Waals surface area contributed by atoms with Crippen molar-refractivity contribution in [2.45, 2.75) is 0 Å². The highest BCUT2D eigenvalue weighted by molar-refractivity contribution is 6.32. The second kappa shape index (κ2) is 6.26. The van der Waals surface area contributed by atoms with Crippen molar-refractivity contribution in [1.29, 1.82) is 0 Å². The molecule has 1 amide bonds. The van der Waals surface area contributed by atoms with Gasteiger partial charge in [0.25, 0.3) is 5.91 Å². The van der Waals surface area contributed by atoms with Gasteiger partial charge in [-0.25, -0.2) is 10.4 Å². The number of amides is 1. The predicted molar refractivity (Wildman–Crippen MR) is 73.6 cm³/mol. The Kier molecular flexibility index (Phi) is 4.43. The van der Waals surface area contributed by atoms with E-state index in [0.717, 1.165) is 0 Å². The van der Waals surface area contributed by atoms with Crippen LogP contribution in [0.1, 0.15) is 15.9 Å². The normalized spacial score (nSPS) is 10.6. The predicted octanol–water partition coefficient (Wildman–Crippen LogP) is 2.55. The summed E-state index contributed by atoms with van der Waals surface area (Å²) in [7, 11) is 0. The average molecular weight is 295 g/mol. The van der Waals surface area contributed by atoms with Crippen molar-refractivity contribution in [3.8, 4) is 0 Å². The molecule has 2 aromatic heterocycles. The van der Waals surface area contributed by atoms with Crippen molar-refractivity contribution >= 4 is 35.3 Å². The molecule has 0 atom stereocenters. The second-order valence-corrected chi connectivity index (χ2v) is 4.26. The van der Waals surface area contributed by atoms with E-state index in [1.165, 1.54) is 12.4 Å². The molecule has 2 aromatic rings. The summed E-state index contributed by atoms with van der Waals surface area (Å²) < 4.78 is 0. The quantitative estimate of drug-likeness (QED) is 0.537. The Morgan fingerprint density at radius 2 is 2.05 bits per heavy atom. The number of pyridine rings is 2. The number of carbonyl (C=O) groups is 1. The first-order valence-corrected chi connectivity index (χ1v) is 5.97. The highest BCUT2D eigenvalue weighted by Crippen LogP contribution is 2.12. The van der Waals surface area contributed by atoms with Crippen LogP contribution in [0.4, 0.5) is 0 Å². The highest BCUT2D eigenvalue weighted by atomic mass is 35.5. The first-order valence-electron chi connectivity index (χ1n) is 5.21. The molecule has 2 rings (SSSR count). The van der Waals surface area contributed by atoms with Gasteiger partial charge >= 0.3 is 0 Å². The summed E-state index contributed by atoms with van der Waals surface area (Å²) in [4.78, 5) is 19.3. The lowest BCUT2D eigenvalue weighted by atomic mass is 10.3. The van der Waals surface area contributed by atoms with Gasteiger partial charge < -0.3 is 0 Å². The van der Waals surface area contributed by atoms with E-state index in [-0.39, 0.29) is 16.2 Å². The molecule has 19 heavy (non-hydrogen) atoms. The largest absolute Gasteiger partial charge is 0.272 e. The third-order valence-corrected chi connectivity index (χ3v) is 2.48. The number of carbonyl (C=O) groups excluding carboxylic acids is 1. The monoisotopic (exact) mass is 294 g/mol. The number of hydrogen-bond donors (Lipinski definition) is 1. The smallest absolute Gasteiger partial charge is 0.267 e. The molecule has 96 valence electrons. The summed E-state index contributed by atoms with van der Waals surface area (Å²) in [5.41, 5.74) is 3.43. The molecule has 0 bridgehead atoms.